The molecule has 3 rings (SSSR count). The first kappa shape index (κ1) is 13.8. The van der Waals surface area contributed by atoms with E-state index in [4.69, 9.17) is 11.6 Å². The molecule has 1 aromatic heterocycles. The first-order valence-corrected chi connectivity index (χ1v) is 7.55. The van der Waals surface area contributed by atoms with Crippen LogP contribution < -0.4 is 0 Å². The van der Waals surface area contributed by atoms with Crippen LogP contribution in [0, 0.1) is 34.0 Å². The Morgan fingerprint density at radius 3 is 2.57 bits per heavy atom. The van der Waals surface area contributed by atoms with Gasteiger partial charge in [-0.25, -0.2) is 0 Å². The van der Waals surface area contributed by atoms with Gasteiger partial charge in [-0.1, -0.05) is 29.8 Å². The maximum absolute atomic E-state index is 12.5. The summed E-state index contributed by atoms with van der Waals surface area (Å²) in [6, 6.07) is 14.6. The van der Waals surface area contributed by atoms with Gasteiger partial charge in [0.05, 0.1) is 22.9 Å². The summed E-state index contributed by atoms with van der Waals surface area (Å²) in [7, 11) is 0. The van der Waals surface area contributed by atoms with Crippen molar-refractivity contribution in [2.45, 2.75) is 5.92 Å². The van der Waals surface area contributed by atoms with Gasteiger partial charge in [0, 0.05) is 10.9 Å². The maximum atomic E-state index is 12.5. The van der Waals surface area contributed by atoms with E-state index < -0.39 is 17.3 Å². The Labute approximate surface area is 131 Å². The molecular formula is C16H9ClN2OS. The quantitative estimate of drug-likeness (QED) is 0.804. The highest BCUT2D eigenvalue weighted by atomic mass is 35.5. The average molecular weight is 313 g/mol. The summed E-state index contributed by atoms with van der Waals surface area (Å²) < 4.78 is 0. The van der Waals surface area contributed by atoms with Crippen molar-refractivity contribution in [2.75, 3.05) is 0 Å². The molecule has 1 heterocycles. The largest absolute Gasteiger partial charge is 0.293 e. The number of hydrogen-bond acceptors (Lipinski definition) is 4. The minimum absolute atomic E-state index is 0.141. The fourth-order valence-electron chi connectivity index (χ4n) is 2.78. The van der Waals surface area contributed by atoms with Gasteiger partial charge in [-0.05, 0) is 29.1 Å². The molecule has 2 atom stereocenters. The van der Waals surface area contributed by atoms with Crippen LogP contribution in [0.15, 0.2) is 41.8 Å². The Morgan fingerprint density at radius 1 is 1.24 bits per heavy atom. The van der Waals surface area contributed by atoms with E-state index in [1.807, 2.05) is 23.6 Å². The molecule has 0 aliphatic heterocycles. The molecule has 0 unspecified atom stereocenters. The van der Waals surface area contributed by atoms with E-state index in [-0.39, 0.29) is 5.78 Å². The molecule has 0 N–H and O–H groups in total. The minimum atomic E-state index is -1.29. The Hall–Kier alpha value is -2.14. The molecule has 1 aliphatic carbocycles. The van der Waals surface area contributed by atoms with E-state index in [0.29, 0.717) is 9.90 Å². The standard InChI is InChI=1S/C16H9ClN2OS/c17-11-4-1-3-10(7-11)13-14(16(13,8-18)9-19)15(20)12-5-2-6-21-12/h1-7,13-14H/t13-,14+/m0/s1. The number of hydrogen-bond donors (Lipinski definition) is 0. The number of carbonyl (C=O) groups excluding carboxylic acids is 1. The zero-order valence-electron chi connectivity index (χ0n) is 10.8. The van der Waals surface area contributed by atoms with Crippen LogP contribution in [0.3, 0.4) is 0 Å². The smallest absolute Gasteiger partial charge is 0.179 e. The molecule has 21 heavy (non-hydrogen) atoms. The highest BCUT2D eigenvalue weighted by Crippen LogP contribution is 2.65. The molecule has 1 fully saturated rings. The summed E-state index contributed by atoms with van der Waals surface area (Å²) in [5.74, 6) is -1.18. The molecule has 3 nitrogen and oxygen atoms in total. The van der Waals surface area contributed by atoms with Crippen LogP contribution in [0.2, 0.25) is 5.02 Å². The molecule has 1 saturated carbocycles. The van der Waals surface area contributed by atoms with Crippen LogP contribution in [-0.4, -0.2) is 5.78 Å². The Balaban J connectivity index is 2.02. The van der Waals surface area contributed by atoms with E-state index in [1.54, 1.807) is 30.3 Å². The molecule has 0 spiro atoms. The van der Waals surface area contributed by atoms with Crippen molar-refractivity contribution in [3.8, 4) is 12.1 Å². The fraction of sp³-hybridized carbons (Fsp3) is 0.188. The highest BCUT2D eigenvalue weighted by Gasteiger charge is 2.70. The Kier molecular flexibility index (Phi) is 3.29. The zero-order chi connectivity index (χ0) is 15.0. The summed E-state index contributed by atoms with van der Waals surface area (Å²) in [5.41, 5.74) is -0.522. The maximum Gasteiger partial charge on any atom is 0.179 e. The second-order valence-electron chi connectivity index (χ2n) is 4.94. The number of benzene rings is 1. The van der Waals surface area contributed by atoms with Gasteiger partial charge in [0.1, 0.15) is 0 Å². The van der Waals surface area contributed by atoms with Crippen molar-refractivity contribution < 1.29 is 4.79 Å². The van der Waals surface area contributed by atoms with E-state index in [1.165, 1.54) is 11.3 Å². The second kappa shape index (κ2) is 5.00. The molecule has 2 aromatic rings. The van der Waals surface area contributed by atoms with Crippen LogP contribution in [-0.2, 0) is 0 Å². The van der Waals surface area contributed by atoms with Crippen LogP contribution >= 0.6 is 22.9 Å². The number of thiophene rings is 1. The first-order valence-electron chi connectivity index (χ1n) is 6.29. The molecule has 1 aromatic carbocycles. The van der Waals surface area contributed by atoms with Crippen LogP contribution in [0.1, 0.15) is 21.2 Å². The number of carbonyl (C=O) groups is 1. The van der Waals surface area contributed by atoms with Crippen LogP contribution in [0.5, 0.6) is 0 Å². The topological polar surface area (TPSA) is 64.7 Å². The van der Waals surface area contributed by atoms with Crippen molar-refractivity contribution >= 4 is 28.7 Å². The number of Topliss-reactive ketones (excluding diaryl/α,β-unsaturated/α-hetero) is 1. The third-order valence-electron chi connectivity index (χ3n) is 3.83. The average Bonchev–Trinajstić information content (AvgIpc) is 2.86. The SMILES string of the molecule is N#CC1(C#N)[C@@H](C(=O)c2cccs2)[C@@H]1c1cccc(Cl)c1. The van der Waals surface area contributed by atoms with E-state index >= 15 is 0 Å². The second-order valence-corrected chi connectivity index (χ2v) is 6.33. The normalized spacial score (nSPS) is 22.0. The van der Waals surface area contributed by atoms with E-state index in [2.05, 4.69) is 0 Å². The van der Waals surface area contributed by atoms with Gasteiger partial charge in [-0.15, -0.1) is 11.3 Å². The number of ketones is 1. The third kappa shape index (κ3) is 2.05. The van der Waals surface area contributed by atoms with Gasteiger partial charge in [0.2, 0.25) is 0 Å². The van der Waals surface area contributed by atoms with Crippen molar-refractivity contribution in [3.05, 3.63) is 57.2 Å². The van der Waals surface area contributed by atoms with Gasteiger partial charge in [-0.3, -0.25) is 4.79 Å². The summed E-state index contributed by atoms with van der Waals surface area (Å²) in [4.78, 5) is 13.1. The molecule has 5 heteroatoms. The molecule has 102 valence electrons. The summed E-state index contributed by atoms with van der Waals surface area (Å²) in [6.07, 6.45) is 0. The molecule has 0 amide bonds. The van der Waals surface area contributed by atoms with Gasteiger partial charge < -0.3 is 0 Å². The summed E-state index contributed by atoms with van der Waals surface area (Å²) >= 11 is 7.30. The summed E-state index contributed by atoms with van der Waals surface area (Å²) in [5, 5.41) is 21.2. The van der Waals surface area contributed by atoms with Gasteiger partial charge in [-0.2, -0.15) is 10.5 Å². The first-order chi connectivity index (χ1) is 10.1. The molecule has 0 radical (unpaired) electrons. The number of rotatable bonds is 3. The van der Waals surface area contributed by atoms with Gasteiger partial charge >= 0.3 is 0 Å². The number of halogens is 1. The van der Waals surface area contributed by atoms with Crippen LogP contribution in [0.4, 0.5) is 0 Å². The fourth-order valence-corrected chi connectivity index (χ4v) is 3.68. The number of nitriles is 2. The monoisotopic (exact) mass is 312 g/mol. The van der Waals surface area contributed by atoms with Crippen LogP contribution in [0.25, 0.3) is 0 Å². The lowest BCUT2D eigenvalue weighted by Crippen LogP contribution is -2.06. The predicted octanol–water partition coefficient (Wildman–Crippen LogP) is 4.03. The molecule has 0 saturated heterocycles. The zero-order valence-corrected chi connectivity index (χ0v) is 12.4. The lowest BCUT2D eigenvalue weighted by atomic mass is 10.0. The lowest BCUT2D eigenvalue weighted by molar-refractivity contribution is 0.0962. The predicted molar refractivity (Wildman–Crippen MR) is 80.0 cm³/mol. The number of nitrogens with zero attached hydrogens (tertiary/aromatic N) is 2. The van der Waals surface area contributed by atoms with E-state index in [0.717, 1.165) is 5.56 Å². The summed E-state index contributed by atoms with van der Waals surface area (Å²) in [6.45, 7) is 0. The van der Waals surface area contributed by atoms with Crippen molar-refractivity contribution in [2.24, 2.45) is 11.3 Å². The Morgan fingerprint density at radius 2 is 2.00 bits per heavy atom. The van der Waals surface area contributed by atoms with Gasteiger partial charge in [0.25, 0.3) is 0 Å². The van der Waals surface area contributed by atoms with Crippen molar-refractivity contribution in [1.29, 1.82) is 10.5 Å². The highest BCUT2D eigenvalue weighted by molar-refractivity contribution is 7.12. The minimum Gasteiger partial charge on any atom is -0.293 e. The molecular weight excluding hydrogens is 304 g/mol. The van der Waals surface area contributed by atoms with Gasteiger partial charge in [0.15, 0.2) is 11.2 Å². The Bertz CT molecular complexity index is 771. The molecule has 1 aliphatic rings. The molecule has 0 bridgehead atoms. The van der Waals surface area contributed by atoms with E-state index in [9.17, 15) is 15.3 Å². The third-order valence-corrected chi connectivity index (χ3v) is 4.95. The van der Waals surface area contributed by atoms with Crippen molar-refractivity contribution in [1.82, 2.24) is 0 Å². The van der Waals surface area contributed by atoms with Crippen molar-refractivity contribution in [3.63, 3.8) is 0 Å². The lowest BCUT2D eigenvalue weighted by Gasteiger charge is -2.00.